The summed E-state index contributed by atoms with van der Waals surface area (Å²) < 4.78 is 16.5. The maximum Gasteiger partial charge on any atom is 0.338 e. The molecule has 0 aliphatic carbocycles. The van der Waals surface area contributed by atoms with E-state index in [4.69, 9.17) is 14.2 Å². The molecule has 0 radical (unpaired) electrons. The summed E-state index contributed by atoms with van der Waals surface area (Å²) in [7, 11) is 0. The van der Waals surface area contributed by atoms with Crippen molar-refractivity contribution in [3.05, 3.63) is 79.9 Å². The van der Waals surface area contributed by atoms with Crippen LogP contribution in [0.5, 0.6) is 0 Å². The number of rotatable bonds is 24. The van der Waals surface area contributed by atoms with Gasteiger partial charge in [-0.05, 0) is 30.7 Å². The molecule has 0 saturated heterocycles. The monoisotopic (exact) mass is 614 g/mol. The van der Waals surface area contributed by atoms with E-state index in [9.17, 15) is 29.8 Å². The number of esters is 2. The van der Waals surface area contributed by atoms with Gasteiger partial charge in [-0.15, -0.1) is 0 Å². The van der Waals surface area contributed by atoms with Crippen LogP contribution in [0.3, 0.4) is 0 Å². The van der Waals surface area contributed by atoms with Gasteiger partial charge in [0, 0.05) is 30.9 Å². The molecule has 0 aliphatic heterocycles. The second-order valence-corrected chi connectivity index (χ2v) is 10.9. The number of carbonyl (C=O) groups excluding carboxylic acids is 2. The Balaban J connectivity index is 1.72. The van der Waals surface area contributed by atoms with Crippen molar-refractivity contribution in [2.24, 2.45) is 0 Å². The quantitative estimate of drug-likeness (QED) is 0.0492. The third kappa shape index (κ3) is 15.0. The number of nitro benzene ring substituents is 2. The van der Waals surface area contributed by atoms with Crippen molar-refractivity contribution in [2.75, 3.05) is 19.8 Å². The van der Waals surface area contributed by atoms with E-state index in [1.165, 1.54) is 119 Å². The Kier molecular flexibility index (Phi) is 18.0. The van der Waals surface area contributed by atoms with Gasteiger partial charge in [-0.3, -0.25) is 20.2 Å². The van der Waals surface area contributed by atoms with Gasteiger partial charge >= 0.3 is 11.9 Å². The van der Waals surface area contributed by atoms with E-state index in [0.717, 1.165) is 19.3 Å². The molecule has 0 unspecified atom stereocenters. The molecule has 2 aromatic carbocycles. The van der Waals surface area contributed by atoms with Crippen molar-refractivity contribution in [3.63, 3.8) is 0 Å². The molecule has 2 rings (SSSR count). The Morgan fingerprint density at radius 1 is 0.614 bits per heavy atom. The number of nitrogens with zero attached hydrogens (tertiary/aromatic N) is 2. The summed E-state index contributed by atoms with van der Waals surface area (Å²) in [6.45, 7) is 2.39. The first-order chi connectivity index (χ1) is 21.3. The van der Waals surface area contributed by atoms with Gasteiger partial charge in [0.25, 0.3) is 11.4 Å². The standard InChI is InChI=1S/C33H46N2O9/c1-2-3-4-5-6-7-8-9-10-11-12-13-14-15-24-42-25-31(44-33(37)28-18-22-30(23-19-28)35(40)41)26-43-32(36)27-16-20-29(21-17-27)34(38)39/h16-23,31H,2-15,24-26H2,1H3/t31-/m0/s1. The summed E-state index contributed by atoms with van der Waals surface area (Å²) >= 11 is 0. The highest BCUT2D eigenvalue weighted by atomic mass is 16.6. The fraction of sp³-hybridized carbons (Fsp3) is 0.576. The molecule has 1 atom stereocenters. The lowest BCUT2D eigenvalue weighted by Crippen LogP contribution is -2.30. The minimum absolute atomic E-state index is 0.00922. The number of ether oxygens (including phenoxy) is 3. The van der Waals surface area contributed by atoms with Gasteiger partial charge in [0.05, 0.1) is 27.6 Å². The Hall–Kier alpha value is -3.86. The van der Waals surface area contributed by atoms with Crippen LogP contribution in [0.25, 0.3) is 0 Å². The number of hydrogen-bond acceptors (Lipinski definition) is 9. The van der Waals surface area contributed by atoms with E-state index in [1.54, 1.807) is 0 Å². The smallest absolute Gasteiger partial charge is 0.338 e. The van der Waals surface area contributed by atoms with Gasteiger partial charge in [-0.1, -0.05) is 90.4 Å². The van der Waals surface area contributed by atoms with E-state index < -0.39 is 27.9 Å². The highest BCUT2D eigenvalue weighted by Gasteiger charge is 2.20. The fourth-order valence-electron chi connectivity index (χ4n) is 4.64. The average Bonchev–Trinajstić information content (AvgIpc) is 3.03. The molecule has 0 bridgehead atoms. The predicted molar refractivity (Wildman–Crippen MR) is 167 cm³/mol. The Labute approximate surface area is 259 Å². The molecule has 0 aromatic heterocycles. The zero-order valence-corrected chi connectivity index (χ0v) is 25.8. The fourth-order valence-corrected chi connectivity index (χ4v) is 4.64. The molecule has 242 valence electrons. The lowest BCUT2D eigenvalue weighted by molar-refractivity contribution is -0.385. The molecule has 0 spiro atoms. The third-order valence-corrected chi connectivity index (χ3v) is 7.25. The summed E-state index contributed by atoms with van der Waals surface area (Å²) in [5.74, 6) is -1.47. The van der Waals surface area contributed by atoms with Gasteiger partial charge in [0.1, 0.15) is 6.61 Å². The van der Waals surface area contributed by atoms with Crippen molar-refractivity contribution in [2.45, 2.75) is 103 Å². The topological polar surface area (TPSA) is 148 Å². The number of nitro groups is 2. The molecule has 0 fully saturated rings. The van der Waals surface area contributed by atoms with Crippen LogP contribution in [-0.2, 0) is 14.2 Å². The molecular weight excluding hydrogens is 568 g/mol. The summed E-state index contributed by atoms with van der Waals surface area (Å²) in [6, 6.07) is 9.93. The molecular formula is C33H46N2O9. The number of benzene rings is 2. The molecule has 11 nitrogen and oxygen atoms in total. The van der Waals surface area contributed by atoms with E-state index in [1.807, 2.05) is 0 Å². The molecule has 44 heavy (non-hydrogen) atoms. The first kappa shape index (κ1) is 36.3. The zero-order valence-electron chi connectivity index (χ0n) is 25.8. The van der Waals surface area contributed by atoms with Gasteiger partial charge < -0.3 is 14.2 Å². The Morgan fingerprint density at radius 3 is 1.45 bits per heavy atom. The highest BCUT2D eigenvalue weighted by Crippen LogP contribution is 2.16. The van der Waals surface area contributed by atoms with E-state index in [-0.39, 0.29) is 35.7 Å². The van der Waals surface area contributed by atoms with E-state index >= 15 is 0 Å². The normalized spacial score (nSPS) is 11.6. The second-order valence-electron chi connectivity index (χ2n) is 10.9. The highest BCUT2D eigenvalue weighted by molar-refractivity contribution is 5.90. The summed E-state index contributed by atoms with van der Waals surface area (Å²) in [6.07, 6.45) is 16.5. The van der Waals surface area contributed by atoms with Crippen molar-refractivity contribution in [1.29, 1.82) is 0 Å². The van der Waals surface area contributed by atoms with Gasteiger partial charge in [-0.25, -0.2) is 9.59 Å². The van der Waals surface area contributed by atoms with Crippen molar-refractivity contribution >= 4 is 23.3 Å². The largest absolute Gasteiger partial charge is 0.458 e. The Bertz CT molecular complexity index is 1140. The summed E-state index contributed by atoms with van der Waals surface area (Å²) in [4.78, 5) is 45.8. The van der Waals surface area contributed by atoms with E-state index in [0.29, 0.717) is 6.61 Å². The van der Waals surface area contributed by atoms with Crippen molar-refractivity contribution < 1.29 is 33.6 Å². The zero-order chi connectivity index (χ0) is 32.0. The average molecular weight is 615 g/mol. The maximum atomic E-state index is 12.7. The van der Waals surface area contributed by atoms with Crippen LogP contribution in [0.1, 0.15) is 118 Å². The van der Waals surface area contributed by atoms with Crippen LogP contribution in [-0.4, -0.2) is 47.7 Å². The van der Waals surface area contributed by atoms with Crippen LogP contribution in [0.15, 0.2) is 48.5 Å². The lowest BCUT2D eigenvalue weighted by Gasteiger charge is -2.18. The molecule has 0 aliphatic rings. The SMILES string of the molecule is CCCCCCCCCCCCCCCCOC[C@@H](COC(=O)c1ccc([N+](=O)[O-])cc1)OC(=O)c1ccc([N+](=O)[O-])cc1. The number of carbonyl (C=O) groups is 2. The van der Waals surface area contributed by atoms with Gasteiger partial charge in [0.2, 0.25) is 0 Å². The Morgan fingerprint density at radius 2 is 1.02 bits per heavy atom. The first-order valence-corrected chi connectivity index (χ1v) is 15.8. The van der Waals surface area contributed by atoms with Crippen LogP contribution in [0, 0.1) is 20.2 Å². The van der Waals surface area contributed by atoms with E-state index in [2.05, 4.69) is 6.92 Å². The van der Waals surface area contributed by atoms with Crippen molar-refractivity contribution in [3.8, 4) is 0 Å². The number of unbranched alkanes of at least 4 members (excludes halogenated alkanes) is 13. The molecule has 11 heteroatoms. The molecule has 0 saturated carbocycles. The molecule has 0 N–H and O–H groups in total. The molecule has 0 amide bonds. The summed E-state index contributed by atoms with van der Waals surface area (Å²) in [5.41, 5.74) is -0.103. The summed E-state index contributed by atoms with van der Waals surface area (Å²) in [5, 5.41) is 21.7. The first-order valence-electron chi connectivity index (χ1n) is 15.8. The van der Waals surface area contributed by atoms with Gasteiger partial charge in [-0.2, -0.15) is 0 Å². The molecule has 0 heterocycles. The maximum absolute atomic E-state index is 12.7. The van der Waals surface area contributed by atoms with Gasteiger partial charge in [0.15, 0.2) is 6.10 Å². The predicted octanol–water partition coefficient (Wildman–Crippen LogP) is 8.38. The second kappa shape index (κ2) is 21.8. The number of non-ortho nitro benzene ring substituents is 2. The minimum Gasteiger partial charge on any atom is -0.458 e. The van der Waals surface area contributed by atoms with Crippen molar-refractivity contribution in [1.82, 2.24) is 0 Å². The number of hydrogen-bond donors (Lipinski definition) is 0. The van der Waals surface area contributed by atoms with Crippen LogP contribution < -0.4 is 0 Å². The minimum atomic E-state index is -0.925. The van der Waals surface area contributed by atoms with Crippen LogP contribution >= 0.6 is 0 Å². The molecule has 2 aromatic rings. The van der Waals surface area contributed by atoms with Crippen LogP contribution in [0.4, 0.5) is 11.4 Å². The third-order valence-electron chi connectivity index (χ3n) is 7.25. The lowest BCUT2D eigenvalue weighted by atomic mass is 10.0. The van der Waals surface area contributed by atoms with Crippen LogP contribution in [0.2, 0.25) is 0 Å².